The quantitative estimate of drug-likeness (QED) is 0.578. The molecule has 2 rings (SSSR count). The van der Waals surface area contributed by atoms with E-state index in [1.54, 1.807) is 0 Å². The van der Waals surface area contributed by atoms with Crippen LogP contribution in [0.5, 0.6) is 0 Å². The molecule has 0 aliphatic carbocycles. The van der Waals surface area contributed by atoms with Crippen LogP contribution in [0.15, 0.2) is 4.99 Å². The van der Waals surface area contributed by atoms with Crippen LogP contribution in [-0.2, 0) is 4.74 Å². The number of likely N-dealkylation sites (tertiary alicyclic amines) is 1. The highest BCUT2D eigenvalue weighted by atomic mass is 16.5. The fraction of sp³-hybridized carbons (Fsp3) is 0.944. The molecule has 0 spiro atoms. The van der Waals surface area contributed by atoms with Gasteiger partial charge < -0.3 is 20.3 Å². The van der Waals surface area contributed by atoms with Gasteiger partial charge in [-0.2, -0.15) is 0 Å². The normalized spacial score (nSPS) is 28.6. The molecule has 2 fully saturated rings. The third kappa shape index (κ3) is 4.61. The second kappa shape index (κ2) is 8.50. The van der Waals surface area contributed by atoms with Gasteiger partial charge in [0.15, 0.2) is 5.96 Å². The average molecular weight is 340 g/mol. The minimum atomic E-state index is 0.154. The Kier molecular flexibility index (Phi) is 6.89. The number of nitrogens with one attached hydrogen (secondary N) is 2. The molecule has 2 aliphatic rings. The fourth-order valence-electron chi connectivity index (χ4n) is 3.77. The molecule has 2 atom stereocenters. The summed E-state index contributed by atoms with van der Waals surface area (Å²) < 4.78 is 5.56. The Balaban J connectivity index is 1.90. The first-order chi connectivity index (χ1) is 11.4. The van der Waals surface area contributed by atoms with Crippen molar-refractivity contribution in [2.45, 2.75) is 51.2 Å². The second-order valence-corrected chi connectivity index (χ2v) is 7.93. The van der Waals surface area contributed by atoms with Crippen LogP contribution in [0.2, 0.25) is 0 Å². The van der Waals surface area contributed by atoms with Gasteiger partial charge >= 0.3 is 0 Å². The molecule has 24 heavy (non-hydrogen) atoms. The standard InChI is InChI=1S/C18H37N5O/c1-14(2)23-11-15(3)16(12-23)21-17(19-4)20-13-18(22(5)6)7-9-24-10-8-18/h14-16H,7-13H2,1-6H3,(H2,19,20,21). The van der Waals surface area contributed by atoms with E-state index in [1.165, 1.54) is 0 Å². The molecule has 6 nitrogen and oxygen atoms in total. The molecule has 0 aromatic heterocycles. The summed E-state index contributed by atoms with van der Waals surface area (Å²) in [6.45, 7) is 11.7. The summed E-state index contributed by atoms with van der Waals surface area (Å²) in [5.74, 6) is 1.56. The molecular weight excluding hydrogens is 302 g/mol. The number of ether oxygens (including phenoxy) is 1. The van der Waals surface area contributed by atoms with Crippen LogP contribution >= 0.6 is 0 Å². The van der Waals surface area contributed by atoms with Crippen molar-refractivity contribution in [3.05, 3.63) is 0 Å². The van der Waals surface area contributed by atoms with E-state index >= 15 is 0 Å². The molecule has 0 aromatic rings. The van der Waals surface area contributed by atoms with Gasteiger partial charge in [0.1, 0.15) is 0 Å². The highest BCUT2D eigenvalue weighted by Gasteiger charge is 2.36. The fourth-order valence-corrected chi connectivity index (χ4v) is 3.77. The predicted octanol–water partition coefficient (Wildman–Crippen LogP) is 0.991. The van der Waals surface area contributed by atoms with E-state index in [1.807, 2.05) is 7.05 Å². The van der Waals surface area contributed by atoms with E-state index in [4.69, 9.17) is 4.74 Å². The Morgan fingerprint density at radius 2 is 1.96 bits per heavy atom. The number of hydrogen-bond donors (Lipinski definition) is 2. The minimum Gasteiger partial charge on any atom is -0.381 e. The van der Waals surface area contributed by atoms with E-state index in [0.29, 0.717) is 18.0 Å². The lowest BCUT2D eigenvalue weighted by atomic mass is 9.88. The van der Waals surface area contributed by atoms with Crippen LogP contribution in [-0.4, -0.2) is 87.4 Å². The van der Waals surface area contributed by atoms with Crippen LogP contribution in [0.3, 0.4) is 0 Å². The van der Waals surface area contributed by atoms with E-state index in [9.17, 15) is 0 Å². The van der Waals surface area contributed by atoms with Crippen molar-refractivity contribution in [3.8, 4) is 0 Å². The Hall–Kier alpha value is -0.850. The molecule has 2 saturated heterocycles. The maximum atomic E-state index is 5.56. The van der Waals surface area contributed by atoms with E-state index in [2.05, 4.69) is 60.3 Å². The van der Waals surface area contributed by atoms with Crippen molar-refractivity contribution < 1.29 is 4.74 Å². The van der Waals surface area contributed by atoms with Crippen LogP contribution in [0.4, 0.5) is 0 Å². The monoisotopic (exact) mass is 339 g/mol. The summed E-state index contributed by atoms with van der Waals surface area (Å²) in [5, 5.41) is 7.22. The zero-order chi connectivity index (χ0) is 17.7. The molecule has 0 radical (unpaired) electrons. The number of rotatable bonds is 5. The minimum absolute atomic E-state index is 0.154. The van der Waals surface area contributed by atoms with E-state index < -0.39 is 0 Å². The Morgan fingerprint density at radius 3 is 2.46 bits per heavy atom. The average Bonchev–Trinajstić information content (AvgIpc) is 2.93. The van der Waals surface area contributed by atoms with Crippen LogP contribution in [0, 0.1) is 5.92 Å². The van der Waals surface area contributed by atoms with Gasteiger partial charge in [0.25, 0.3) is 0 Å². The number of likely N-dealkylation sites (N-methyl/N-ethyl adjacent to an activating group) is 1. The molecular formula is C18H37N5O. The van der Waals surface area contributed by atoms with Gasteiger partial charge in [-0.1, -0.05) is 6.92 Å². The van der Waals surface area contributed by atoms with Crippen LogP contribution in [0.25, 0.3) is 0 Å². The zero-order valence-electron chi connectivity index (χ0n) is 16.4. The molecule has 140 valence electrons. The lowest BCUT2D eigenvalue weighted by Crippen LogP contribution is -2.58. The van der Waals surface area contributed by atoms with Gasteiger partial charge in [-0.15, -0.1) is 0 Å². The molecule has 2 unspecified atom stereocenters. The summed E-state index contributed by atoms with van der Waals surface area (Å²) in [4.78, 5) is 9.34. The Labute approximate surface area is 148 Å². The lowest BCUT2D eigenvalue weighted by molar-refractivity contribution is -0.00503. The maximum absolute atomic E-state index is 5.56. The number of hydrogen-bond acceptors (Lipinski definition) is 4. The lowest BCUT2D eigenvalue weighted by Gasteiger charge is -2.43. The molecule has 6 heteroatoms. The van der Waals surface area contributed by atoms with Crippen molar-refractivity contribution in [1.82, 2.24) is 20.4 Å². The van der Waals surface area contributed by atoms with Crippen molar-refractivity contribution in [2.24, 2.45) is 10.9 Å². The number of nitrogens with zero attached hydrogens (tertiary/aromatic N) is 3. The highest BCUT2D eigenvalue weighted by molar-refractivity contribution is 5.80. The van der Waals surface area contributed by atoms with Crippen molar-refractivity contribution in [2.75, 3.05) is 54.0 Å². The van der Waals surface area contributed by atoms with Crippen LogP contribution < -0.4 is 10.6 Å². The molecule has 2 aliphatic heterocycles. The summed E-state index contributed by atoms with van der Waals surface area (Å²) >= 11 is 0. The van der Waals surface area contributed by atoms with Gasteiger partial charge in [0.2, 0.25) is 0 Å². The first-order valence-corrected chi connectivity index (χ1v) is 9.34. The van der Waals surface area contributed by atoms with Crippen LogP contribution in [0.1, 0.15) is 33.6 Å². The van der Waals surface area contributed by atoms with Gasteiger partial charge in [-0.05, 0) is 46.7 Å². The molecule has 0 bridgehead atoms. The highest BCUT2D eigenvalue weighted by Crippen LogP contribution is 2.25. The number of aliphatic imine (C=N–C) groups is 1. The summed E-state index contributed by atoms with van der Waals surface area (Å²) in [6, 6.07) is 1.07. The molecule has 0 amide bonds. The second-order valence-electron chi connectivity index (χ2n) is 7.93. The van der Waals surface area contributed by atoms with Gasteiger partial charge in [-0.25, -0.2) is 0 Å². The molecule has 2 heterocycles. The zero-order valence-corrected chi connectivity index (χ0v) is 16.4. The Morgan fingerprint density at radius 1 is 1.29 bits per heavy atom. The first-order valence-electron chi connectivity index (χ1n) is 9.34. The van der Waals surface area contributed by atoms with Crippen molar-refractivity contribution in [1.29, 1.82) is 0 Å². The Bertz CT molecular complexity index is 418. The predicted molar refractivity (Wildman–Crippen MR) is 101 cm³/mol. The summed E-state index contributed by atoms with van der Waals surface area (Å²) in [5.41, 5.74) is 0.154. The summed E-state index contributed by atoms with van der Waals surface area (Å²) in [6.07, 6.45) is 2.12. The van der Waals surface area contributed by atoms with Gasteiger partial charge in [0.05, 0.1) is 0 Å². The van der Waals surface area contributed by atoms with Gasteiger partial charge in [0, 0.05) is 57.5 Å². The molecule has 2 N–H and O–H groups in total. The third-order valence-corrected chi connectivity index (χ3v) is 5.87. The van der Waals surface area contributed by atoms with E-state index in [-0.39, 0.29) is 5.54 Å². The largest absolute Gasteiger partial charge is 0.381 e. The topological polar surface area (TPSA) is 52.1 Å². The first kappa shape index (κ1) is 19.5. The SMILES string of the molecule is CN=C(NCC1(N(C)C)CCOCC1)NC1CN(C(C)C)CC1C. The third-order valence-electron chi connectivity index (χ3n) is 5.87. The summed E-state index contributed by atoms with van der Waals surface area (Å²) in [7, 11) is 6.20. The smallest absolute Gasteiger partial charge is 0.191 e. The maximum Gasteiger partial charge on any atom is 0.191 e. The van der Waals surface area contributed by atoms with Crippen molar-refractivity contribution in [3.63, 3.8) is 0 Å². The molecule has 0 aromatic carbocycles. The van der Waals surface area contributed by atoms with Crippen molar-refractivity contribution >= 4 is 5.96 Å². The number of guanidine groups is 1. The van der Waals surface area contributed by atoms with Gasteiger partial charge in [-0.3, -0.25) is 9.89 Å². The molecule has 0 saturated carbocycles. The van der Waals surface area contributed by atoms with E-state index in [0.717, 1.165) is 51.6 Å².